The molecule has 0 spiro atoms. The molecule has 3 aromatic rings. The topological polar surface area (TPSA) is 56.0 Å². The van der Waals surface area contributed by atoms with Crippen molar-refractivity contribution in [3.63, 3.8) is 0 Å². The Balaban J connectivity index is 1.64. The van der Waals surface area contributed by atoms with Crippen molar-refractivity contribution in [3.05, 3.63) is 70.2 Å². The van der Waals surface area contributed by atoms with Gasteiger partial charge in [-0.1, -0.05) is 33.2 Å². The minimum Gasteiger partial charge on any atom is -0.361 e. The van der Waals surface area contributed by atoms with E-state index in [1.54, 1.807) is 12.3 Å². The Kier molecular flexibility index (Phi) is 4.67. The Morgan fingerprint density at radius 3 is 2.65 bits per heavy atom. The van der Waals surface area contributed by atoms with E-state index >= 15 is 0 Å². The summed E-state index contributed by atoms with van der Waals surface area (Å²) in [5.41, 5.74) is 3.29. The van der Waals surface area contributed by atoms with E-state index in [1.165, 1.54) is 0 Å². The second-order valence-corrected chi connectivity index (χ2v) is 6.21. The van der Waals surface area contributed by atoms with E-state index < -0.39 is 0 Å². The molecule has 0 aliphatic rings. The average Bonchev–Trinajstić information content (AvgIpc) is 3.03. The molecule has 0 unspecified atom stereocenters. The normalized spacial score (nSPS) is 10.7. The number of benzene rings is 1. The smallest absolute Gasteiger partial charge is 0.164 e. The molecule has 0 saturated heterocycles. The molecule has 0 fully saturated rings. The number of aryl methyl sites for hydroxylation is 2. The maximum Gasteiger partial charge on any atom is 0.164 e. The van der Waals surface area contributed by atoms with Crippen molar-refractivity contribution in [3.8, 4) is 11.3 Å². The summed E-state index contributed by atoms with van der Waals surface area (Å²) in [5.74, 6) is 0.760. The second-order valence-electron chi connectivity index (χ2n) is 5.30. The molecule has 23 heavy (non-hydrogen) atoms. The number of carbonyl (C=O) groups excluding carboxylic acids is 1. The van der Waals surface area contributed by atoms with E-state index in [2.05, 4.69) is 26.1 Å². The molecule has 0 aliphatic heterocycles. The largest absolute Gasteiger partial charge is 0.361 e. The second kappa shape index (κ2) is 6.87. The van der Waals surface area contributed by atoms with E-state index in [0.717, 1.165) is 21.4 Å². The molecule has 0 N–H and O–H groups in total. The average molecular weight is 371 g/mol. The molecule has 116 valence electrons. The fraction of sp³-hybridized carbons (Fsp3) is 0.167. The lowest BCUT2D eigenvalue weighted by Gasteiger charge is -1.99. The van der Waals surface area contributed by atoms with Crippen molar-refractivity contribution in [1.29, 1.82) is 0 Å². The number of nitrogens with zero attached hydrogens (tertiary/aromatic N) is 2. The third-order valence-electron chi connectivity index (χ3n) is 3.53. The Morgan fingerprint density at radius 2 is 1.96 bits per heavy atom. The highest BCUT2D eigenvalue weighted by Gasteiger charge is 2.11. The van der Waals surface area contributed by atoms with Crippen LogP contribution in [0.3, 0.4) is 0 Å². The number of carbonyl (C=O) groups is 1. The molecule has 2 aromatic heterocycles. The van der Waals surface area contributed by atoms with Crippen LogP contribution in [-0.2, 0) is 6.42 Å². The predicted molar refractivity (Wildman–Crippen MR) is 91.3 cm³/mol. The Bertz CT molecular complexity index is 808. The lowest BCUT2D eigenvalue weighted by Crippen LogP contribution is -2.01. The summed E-state index contributed by atoms with van der Waals surface area (Å²) in [6.07, 6.45) is 2.52. The molecule has 3 rings (SSSR count). The first-order valence-electron chi connectivity index (χ1n) is 7.29. The molecule has 0 bridgehead atoms. The number of hydrogen-bond donors (Lipinski definition) is 0. The predicted octanol–water partition coefficient (Wildman–Crippen LogP) is 4.62. The SMILES string of the molecule is Cc1ccc(C(=O)CCc2cc(-c3ccc(Br)cc3)no2)cn1. The summed E-state index contributed by atoms with van der Waals surface area (Å²) < 4.78 is 6.34. The number of aromatic nitrogens is 2. The summed E-state index contributed by atoms with van der Waals surface area (Å²) in [6.45, 7) is 1.90. The number of Topliss-reactive ketones (excluding diaryl/α,β-unsaturated/α-hetero) is 1. The zero-order valence-corrected chi connectivity index (χ0v) is 14.2. The first-order chi connectivity index (χ1) is 11.1. The Labute approximate surface area is 142 Å². The molecular weight excluding hydrogens is 356 g/mol. The van der Waals surface area contributed by atoms with E-state index in [0.29, 0.717) is 24.2 Å². The molecule has 0 radical (unpaired) electrons. The highest BCUT2D eigenvalue weighted by molar-refractivity contribution is 9.10. The summed E-state index contributed by atoms with van der Waals surface area (Å²) >= 11 is 3.40. The van der Waals surface area contributed by atoms with Crippen LogP contribution in [0.2, 0.25) is 0 Å². The van der Waals surface area contributed by atoms with Gasteiger partial charge in [0.05, 0.1) is 0 Å². The summed E-state index contributed by atoms with van der Waals surface area (Å²) in [4.78, 5) is 16.3. The molecule has 0 amide bonds. The van der Waals surface area contributed by atoms with Gasteiger partial charge in [-0.15, -0.1) is 0 Å². The van der Waals surface area contributed by atoms with E-state index in [-0.39, 0.29) is 5.78 Å². The van der Waals surface area contributed by atoms with Gasteiger partial charge in [-0.3, -0.25) is 9.78 Å². The summed E-state index contributed by atoms with van der Waals surface area (Å²) in [7, 11) is 0. The van der Waals surface area contributed by atoms with E-state index in [9.17, 15) is 4.79 Å². The molecular formula is C18H15BrN2O2. The molecule has 1 aromatic carbocycles. The van der Waals surface area contributed by atoms with Gasteiger partial charge in [0.25, 0.3) is 0 Å². The van der Waals surface area contributed by atoms with Gasteiger partial charge in [0.15, 0.2) is 5.78 Å². The van der Waals surface area contributed by atoms with Crippen molar-refractivity contribution >= 4 is 21.7 Å². The van der Waals surface area contributed by atoms with Crippen LogP contribution in [0.1, 0.15) is 28.2 Å². The molecule has 4 nitrogen and oxygen atoms in total. The van der Waals surface area contributed by atoms with Crippen LogP contribution in [-0.4, -0.2) is 15.9 Å². The van der Waals surface area contributed by atoms with Crippen molar-refractivity contribution in [2.75, 3.05) is 0 Å². The molecule has 0 aliphatic carbocycles. The van der Waals surface area contributed by atoms with Gasteiger partial charge >= 0.3 is 0 Å². The van der Waals surface area contributed by atoms with Crippen LogP contribution in [0.15, 0.2) is 57.7 Å². The zero-order chi connectivity index (χ0) is 16.2. The Hall–Kier alpha value is -2.27. The highest BCUT2D eigenvalue weighted by Crippen LogP contribution is 2.22. The minimum absolute atomic E-state index is 0.0547. The Morgan fingerprint density at radius 1 is 1.17 bits per heavy atom. The molecule has 5 heteroatoms. The fourth-order valence-corrected chi connectivity index (χ4v) is 2.47. The van der Waals surface area contributed by atoms with Crippen LogP contribution in [0.5, 0.6) is 0 Å². The molecule has 0 atom stereocenters. The van der Waals surface area contributed by atoms with Crippen molar-refractivity contribution in [1.82, 2.24) is 10.1 Å². The number of rotatable bonds is 5. The quantitative estimate of drug-likeness (QED) is 0.614. The van der Waals surface area contributed by atoms with Crippen molar-refractivity contribution in [2.45, 2.75) is 19.8 Å². The first-order valence-corrected chi connectivity index (χ1v) is 8.08. The van der Waals surface area contributed by atoms with Gasteiger partial charge in [0, 0.05) is 46.4 Å². The van der Waals surface area contributed by atoms with Crippen molar-refractivity contribution < 1.29 is 9.32 Å². The van der Waals surface area contributed by atoms with Crippen LogP contribution in [0, 0.1) is 6.92 Å². The van der Waals surface area contributed by atoms with E-state index in [4.69, 9.17) is 4.52 Å². The van der Waals surface area contributed by atoms with Gasteiger partial charge in [-0.2, -0.15) is 0 Å². The minimum atomic E-state index is 0.0547. The monoisotopic (exact) mass is 370 g/mol. The fourth-order valence-electron chi connectivity index (χ4n) is 2.20. The number of ketones is 1. The first kappa shape index (κ1) is 15.6. The molecule has 2 heterocycles. The third-order valence-corrected chi connectivity index (χ3v) is 4.06. The number of pyridine rings is 1. The number of halogens is 1. The van der Waals surface area contributed by atoms with Gasteiger partial charge in [0.1, 0.15) is 11.5 Å². The zero-order valence-electron chi connectivity index (χ0n) is 12.6. The van der Waals surface area contributed by atoms with Gasteiger partial charge in [-0.25, -0.2) is 0 Å². The van der Waals surface area contributed by atoms with Crippen LogP contribution >= 0.6 is 15.9 Å². The van der Waals surface area contributed by atoms with Crippen LogP contribution < -0.4 is 0 Å². The standard InChI is InChI=1S/C18H15BrN2O2/c1-12-2-3-14(11-20-12)18(22)9-8-16-10-17(21-23-16)13-4-6-15(19)7-5-13/h2-7,10-11H,8-9H2,1H3. The summed E-state index contributed by atoms with van der Waals surface area (Å²) in [6, 6.07) is 13.4. The maximum absolute atomic E-state index is 12.1. The lowest BCUT2D eigenvalue weighted by molar-refractivity contribution is 0.0980. The van der Waals surface area contributed by atoms with Crippen molar-refractivity contribution in [2.24, 2.45) is 0 Å². The number of hydrogen-bond acceptors (Lipinski definition) is 4. The highest BCUT2D eigenvalue weighted by atomic mass is 79.9. The van der Waals surface area contributed by atoms with Crippen LogP contribution in [0.4, 0.5) is 0 Å². The molecule has 0 saturated carbocycles. The maximum atomic E-state index is 12.1. The van der Waals surface area contributed by atoms with E-state index in [1.807, 2.05) is 43.3 Å². The summed E-state index contributed by atoms with van der Waals surface area (Å²) in [5, 5.41) is 4.06. The van der Waals surface area contributed by atoms with Crippen LogP contribution in [0.25, 0.3) is 11.3 Å². The van der Waals surface area contributed by atoms with Gasteiger partial charge < -0.3 is 4.52 Å². The van der Waals surface area contributed by atoms with Gasteiger partial charge in [-0.05, 0) is 31.2 Å². The lowest BCUT2D eigenvalue weighted by atomic mass is 10.1. The third kappa shape index (κ3) is 3.93. The van der Waals surface area contributed by atoms with Gasteiger partial charge in [0.2, 0.25) is 0 Å².